The molecule has 0 aliphatic heterocycles. The zero-order valence-electron chi connectivity index (χ0n) is 12.0. The molecule has 0 unspecified atom stereocenters. The van der Waals surface area contributed by atoms with Crippen molar-refractivity contribution in [1.82, 2.24) is 20.1 Å². The first-order chi connectivity index (χ1) is 10.8. The Morgan fingerprint density at radius 1 is 1.05 bits per heavy atom. The molecule has 0 spiro atoms. The standard InChI is InChI=1S/C17H16N4O/c22-17(16-7-4-8-18-11-16)19-9-15-10-20-21(13-15)12-14-5-2-1-3-6-14/h1-8,10-11,13H,9,12H2,(H,19,22). The van der Waals surface area contributed by atoms with Gasteiger partial charge >= 0.3 is 0 Å². The lowest BCUT2D eigenvalue weighted by molar-refractivity contribution is 0.0950. The summed E-state index contributed by atoms with van der Waals surface area (Å²) in [7, 11) is 0. The molecule has 1 amide bonds. The van der Waals surface area contributed by atoms with Crippen LogP contribution in [0.25, 0.3) is 0 Å². The molecule has 2 heterocycles. The zero-order valence-corrected chi connectivity index (χ0v) is 12.0. The van der Waals surface area contributed by atoms with Crippen LogP contribution in [0, 0.1) is 0 Å². The summed E-state index contributed by atoms with van der Waals surface area (Å²) < 4.78 is 1.86. The van der Waals surface area contributed by atoms with Crippen LogP contribution < -0.4 is 5.32 Å². The maximum atomic E-state index is 11.9. The van der Waals surface area contributed by atoms with Gasteiger partial charge in [-0.1, -0.05) is 30.3 Å². The van der Waals surface area contributed by atoms with Crippen molar-refractivity contribution in [1.29, 1.82) is 0 Å². The van der Waals surface area contributed by atoms with Crippen molar-refractivity contribution in [2.75, 3.05) is 0 Å². The summed E-state index contributed by atoms with van der Waals surface area (Å²) in [5.41, 5.74) is 2.71. The molecule has 0 aliphatic rings. The van der Waals surface area contributed by atoms with E-state index in [1.54, 1.807) is 30.7 Å². The van der Waals surface area contributed by atoms with Gasteiger partial charge in [0.25, 0.3) is 5.91 Å². The molecule has 110 valence electrons. The fourth-order valence-electron chi connectivity index (χ4n) is 2.14. The Hall–Kier alpha value is -2.95. The summed E-state index contributed by atoms with van der Waals surface area (Å²) in [6, 6.07) is 13.6. The number of nitrogens with zero attached hydrogens (tertiary/aromatic N) is 3. The van der Waals surface area contributed by atoms with E-state index in [0.717, 1.165) is 12.1 Å². The molecule has 2 aromatic heterocycles. The van der Waals surface area contributed by atoms with Crippen LogP contribution in [0.5, 0.6) is 0 Å². The first-order valence-corrected chi connectivity index (χ1v) is 7.05. The van der Waals surface area contributed by atoms with Gasteiger partial charge in [0.05, 0.1) is 18.3 Å². The molecule has 0 aliphatic carbocycles. The number of amides is 1. The number of nitrogens with one attached hydrogen (secondary N) is 1. The normalized spacial score (nSPS) is 10.4. The van der Waals surface area contributed by atoms with Gasteiger partial charge in [0.2, 0.25) is 0 Å². The summed E-state index contributed by atoms with van der Waals surface area (Å²) in [5, 5.41) is 7.18. The van der Waals surface area contributed by atoms with Crippen molar-refractivity contribution in [2.24, 2.45) is 0 Å². The maximum Gasteiger partial charge on any atom is 0.253 e. The Balaban J connectivity index is 1.57. The van der Waals surface area contributed by atoms with E-state index in [1.165, 1.54) is 5.56 Å². The molecule has 0 atom stereocenters. The largest absolute Gasteiger partial charge is 0.348 e. The molecular weight excluding hydrogens is 276 g/mol. The van der Waals surface area contributed by atoms with Crippen LogP contribution in [-0.2, 0) is 13.1 Å². The Bertz CT molecular complexity index is 738. The average molecular weight is 292 g/mol. The highest BCUT2D eigenvalue weighted by Crippen LogP contribution is 2.04. The van der Waals surface area contributed by atoms with Crippen LogP contribution in [0.15, 0.2) is 67.3 Å². The van der Waals surface area contributed by atoms with Crippen LogP contribution >= 0.6 is 0 Å². The Morgan fingerprint density at radius 3 is 2.68 bits per heavy atom. The van der Waals surface area contributed by atoms with Crippen molar-refractivity contribution in [2.45, 2.75) is 13.1 Å². The number of pyridine rings is 1. The number of carbonyl (C=O) groups excluding carboxylic acids is 1. The molecule has 22 heavy (non-hydrogen) atoms. The zero-order chi connectivity index (χ0) is 15.2. The van der Waals surface area contributed by atoms with Crippen molar-refractivity contribution >= 4 is 5.91 Å². The highest BCUT2D eigenvalue weighted by molar-refractivity contribution is 5.93. The lowest BCUT2D eigenvalue weighted by atomic mass is 10.2. The number of hydrogen-bond donors (Lipinski definition) is 1. The second-order valence-electron chi connectivity index (χ2n) is 4.96. The van der Waals surface area contributed by atoms with Gasteiger partial charge < -0.3 is 5.32 Å². The highest BCUT2D eigenvalue weighted by Gasteiger charge is 2.06. The van der Waals surface area contributed by atoms with Crippen molar-refractivity contribution in [3.63, 3.8) is 0 Å². The van der Waals surface area contributed by atoms with Gasteiger partial charge in [0.15, 0.2) is 0 Å². The van der Waals surface area contributed by atoms with E-state index in [2.05, 4.69) is 27.5 Å². The molecule has 3 rings (SSSR count). The number of aromatic nitrogens is 3. The minimum absolute atomic E-state index is 0.135. The Kier molecular flexibility index (Phi) is 4.25. The van der Waals surface area contributed by atoms with Crippen LogP contribution in [0.2, 0.25) is 0 Å². The van der Waals surface area contributed by atoms with E-state index in [1.807, 2.05) is 29.1 Å². The Labute approximate surface area is 128 Å². The van der Waals surface area contributed by atoms with Crippen LogP contribution in [0.1, 0.15) is 21.5 Å². The lowest BCUT2D eigenvalue weighted by Gasteiger charge is -2.03. The Morgan fingerprint density at radius 2 is 1.91 bits per heavy atom. The van der Waals surface area contributed by atoms with Gasteiger partial charge in [-0.05, 0) is 17.7 Å². The third kappa shape index (κ3) is 3.58. The molecule has 3 aromatic rings. The minimum atomic E-state index is -0.135. The molecule has 0 saturated carbocycles. The van der Waals surface area contributed by atoms with Gasteiger partial charge in [-0.25, -0.2) is 0 Å². The molecule has 1 N–H and O–H groups in total. The van der Waals surface area contributed by atoms with Gasteiger partial charge in [0.1, 0.15) is 0 Å². The second kappa shape index (κ2) is 6.67. The van der Waals surface area contributed by atoms with Crippen LogP contribution in [-0.4, -0.2) is 20.7 Å². The highest BCUT2D eigenvalue weighted by atomic mass is 16.1. The number of hydrogen-bond acceptors (Lipinski definition) is 3. The van der Waals surface area contributed by atoms with E-state index in [-0.39, 0.29) is 5.91 Å². The summed E-state index contributed by atoms with van der Waals surface area (Å²) in [4.78, 5) is 15.9. The summed E-state index contributed by atoms with van der Waals surface area (Å²) in [5.74, 6) is -0.135. The lowest BCUT2D eigenvalue weighted by Crippen LogP contribution is -2.22. The van der Waals surface area contributed by atoms with E-state index in [4.69, 9.17) is 0 Å². The molecule has 0 saturated heterocycles. The van der Waals surface area contributed by atoms with E-state index in [0.29, 0.717) is 12.1 Å². The molecule has 0 bridgehead atoms. The van der Waals surface area contributed by atoms with Gasteiger partial charge in [-0.3, -0.25) is 14.5 Å². The predicted molar refractivity (Wildman–Crippen MR) is 83.2 cm³/mol. The van der Waals surface area contributed by atoms with Gasteiger partial charge in [-0.15, -0.1) is 0 Å². The maximum absolute atomic E-state index is 11.9. The van der Waals surface area contributed by atoms with Crippen molar-refractivity contribution in [3.8, 4) is 0 Å². The van der Waals surface area contributed by atoms with Crippen molar-refractivity contribution < 1.29 is 4.79 Å². The quantitative estimate of drug-likeness (QED) is 0.784. The van der Waals surface area contributed by atoms with Gasteiger partial charge in [0, 0.05) is 30.7 Å². The SMILES string of the molecule is O=C(NCc1cnn(Cc2ccccc2)c1)c1cccnc1. The monoisotopic (exact) mass is 292 g/mol. The second-order valence-corrected chi connectivity index (χ2v) is 4.96. The smallest absolute Gasteiger partial charge is 0.253 e. The fourth-order valence-corrected chi connectivity index (χ4v) is 2.14. The van der Waals surface area contributed by atoms with E-state index >= 15 is 0 Å². The summed E-state index contributed by atoms with van der Waals surface area (Å²) in [6.07, 6.45) is 6.90. The molecule has 5 heteroatoms. The predicted octanol–water partition coefficient (Wildman–Crippen LogP) is 2.26. The first-order valence-electron chi connectivity index (χ1n) is 7.05. The molecule has 0 radical (unpaired) electrons. The van der Waals surface area contributed by atoms with E-state index in [9.17, 15) is 4.79 Å². The number of rotatable bonds is 5. The van der Waals surface area contributed by atoms with Crippen LogP contribution in [0.4, 0.5) is 0 Å². The summed E-state index contributed by atoms with van der Waals surface area (Å²) in [6.45, 7) is 1.17. The number of carbonyl (C=O) groups is 1. The van der Waals surface area contributed by atoms with Crippen molar-refractivity contribution in [3.05, 3.63) is 83.9 Å². The van der Waals surface area contributed by atoms with Crippen LogP contribution in [0.3, 0.4) is 0 Å². The molecule has 0 fully saturated rings. The topological polar surface area (TPSA) is 59.8 Å². The average Bonchev–Trinajstić information content (AvgIpc) is 3.02. The molecule has 1 aromatic carbocycles. The first kappa shape index (κ1) is 14.0. The third-order valence-corrected chi connectivity index (χ3v) is 3.25. The third-order valence-electron chi connectivity index (χ3n) is 3.25. The molecule has 5 nitrogen and oxygen atoms in total. The fraction of sp³-hybridized carbons (Fsp3) is 0.118. The number of benzene rings is 1. The van der Waals surface area contributed by atoms with E-state index < -0.39 is 0 Å². The van der Waals surface area contributed by atoms with Gasteiger partial charge in [-0.2, -0.15) is 5.10 Å². The minimum Gasteiger partial charge on any atom is -0.348 e. The summed E-state index contributed by atoms with van der Waals surface area (Å²) >= 11 is 0. The molecular formula is C17H16N4O.